The molecule has 0 aromatic carbocycles. The minimum absolute atomic E-state index is 0.205. The van der Waals surface area contributed by atoms with Crippen molar-refractivity contribution in [1.82, 2.24) is 4.57 Å². The first kappa shape index (κ1) is 12.6. The summed E-state index contributed by atoms with van der Waals surface area (Å²) in [6, 6.07) is 2.18. The molecule has 0 aliphatic heterocycles. The van der Waals surface area contributed by atoms with E-state index in [1.54, 1.807) is 0 Å². The Labute approximate surface area is 97.9 Å². The van der Waals surface area contributed by atoms with Gasteiger partial charge in [0.25, 0.3) is 0 Å². The fourth-order valence-corrected chi connectivity index (χ4v) is 1.78. The molecule has 1 rings (SSSR count). The number of hydrogen-bond donors (Lipinski definition) is 1. The van der Waals surface area contributed by atoms with E-state index in [-0.39, 0.29) is 5.41 Å². The van der Waals surface area contributed by atoms with Gasteiger partial charge in [0, 0.05) is 12.2 Å². The largest absolute Gasteiger partial charge is 0.384 e. The summed E-state index contributed by atoms with van der Waals surface area (Å²) in [6.45, 7) is 11.5. The van der Waals surface area contributed by atoms with Gasteiger partial charge in [-0.15, -0.1) is 0 Å². The highest BCUT2D eigenvalue weighted by Gasteiger charge is 2.21. The molecule has 0 aliphatic rings. The lowest BCUT2D eigenvalue weighted by Crippen LogP contribution is -2.20. The van der Waals surface area contributed by atoms with Crippen LogP contribution < -0.4 is 5.73 Å². The van der Waals surface area contributed by atoms with E-state index in [1.165, 1.54) is 0 Å². The second kappa shape index (κ2) is 4.21. The van der Waals surface area contributed by atoms with E-state index in [2.05, 4.69) is 31.4 Å². The normalized spacial score (nSPS) is 11.5. The molecule has 1 aromatic rings. The van der Waals surface area contributed by atoms with Crippen molar-refractivity contribution in [1.29, 1.82) is 5.26 Å². The Balaban J connectivity index is 3.22. The second-order valence-electron chi connectivity index (χ2n) is 5.19. The van der Waals surface area contributed by atoms with Crippen molar-refractivity contribution in [3.8, 4) is 6.07 Å². The summed E-state index contributed by atoms with van der Waals surface area (Å²) in [5.41, 5.74) is 8.97. The lowest BCUT2D eigenvalue weighted by molar-refractivity contribution is 0.294. The smallest absolute Gasteiger partial charge is 0.122 e. The Morgan fingerprint density at radius 3 is 2.31 bits per heavy atom. The van der Waals surface area contributed by atoms with Crippen LogP contribution in [0.2, 0.25) is 0 Å². The molecule has 0 atom stereocenters. The van der Waals surface area contributed by atoms with Crippen molar-refractivity contribution in [3.05, 3.63) is 16.8 Å². The Morgan fingerprint density at radius 2 is 1.94 bits per heavy atom. The number of nitrogens with zero attached hydrogens (tertiary/aromatic N) is 2. The first-order valence-electron chi connectivity index (χ1n) is 5.69. The van der Waals surface area contributed by atoms with E-state index in [9.17, 15) is 0 Å². The van der Waals surface area contributed by atoms with Crippen LogP contribution in [-0.4, -0.2) is 4.57 Å². The molecule has 16 heavy (non-hydrogen) atoms. The molecule has 0 amide bonds. The van der Waals surface area contributed by atoms with E-state index in [0.29, 0.717) is 11.4 Å². The van der Waals surface area contributed by atoms with Crippen LogP contribution in [0.1, 0.15) is 44.0 Å². The van der Waals surface area contributed by atoms with Crippen molar-refractivity contribution >= 4 is 5.82 Å². The Hall–Kier alpha value is -1.43. The highest BCUT2D eigenvalue weighted by Crippen LogP contribution is 2.29. The zero-order valence-electron chi connectivity index (χ0n) is 10.9. The Morgan fingerprint density at radius 1 is 1.38 bits per heavy atom. The van der Waals surface area contributed by atoms with Crippen LogP contribution in [0.5, 0.6) is 0 Å². The van der Waals surface area contributed by atoms with Crippen molar-refractivity contribution in [2.75, 3.05) is 5.73 Å². The Bertz CT molecular complexity index is 433. The molecule has 1 heterocycles. The van der Waals surface area contributed by atoms with Crippen LogP contribution in [0.25, 0.3) is 0 Å². The van der Waals surface area contributed by atoms with Crippen LogP contribution in [0.3, 0.4) is 0 Å². The summed E-state index contributed by atoms with van der Waals surface area (Å²) in [5.74, 6) is 0.610. The number of rotatable bonds is 3. The quantitative estimate of drug-likeness (QED) is 0.849. The van der Waals surface area contributed by atoms with Crippen LogP contribution in [0.4, 0.5) is 5.82 Å². The number of nitrogen functional groups attached to an aromatic ring is 1. The van der Waals surface area contributed by atoms with Gasteiger partial charge in [-0.05, 0) is 31.2 Å². The lowest BCUT2D eigenvalue weighted by Gasteiger charge is -2.25. The van der Waals surface area contributed by atoms with Crippen LogP contribution in [0, 0.1) is 30.6 Å². The van der Waals surface area contributed by atoms with E-state index >= 15 is 0 Å². The summed E-state index contributed by atoms with van der Waals surface area (Å²) in [7, 11) is 0. The molecule has 3 heteroatoms. The SMILES string of the molecule is CCC(C)(C)Cn1c(C)c(C)c(C#N)c1N. The number of hydrogen-bond acceptors (Lipinski definition) is 2. The highest BCUT2D eigenvalue weighted by atomic mass is 15.1. The predicted octanol–water partition coefficient (Wildman–Crippen LogP) is 3.00. The minimum atomic E-state index is 0.205. The highest BCUT2D eigenvalue weighted by molar-refractivity contribution is 5.57. The van der Waals surface area contributed by atoms with Gasteiger partial charge in [-0.25, -0.2) is 0 Å². The predicted molar refractivity (Wildman–Crippen MR) is 67.1 cm³/mol. The summed E-state index contributed by atoms with van der Waals surface area (Å²) in [4.78, 5) is 0. The molecular weight excluding hydrogens is 198 g/mol. The minimum Gasteiger partial charge on any atom is -0.384 e. The molecule has 0 saturated heterocycles. The van der Waals surface area contributed by atoms with Crippen molar-refractivity contribution in [3.63, 3.8) is 0 Å². The van der Waals surface area contributed by atoms with E-state index in [0.717, 1.165) is 24.2 Å². The third-order valence-corrected chi connectivity index (χ3v) is 3.52. The molecule has 0 radical (unpaired) electrons. The van der Waals surface area contributed by atoms with Gasteiger partial charge in [-0.2, -0.15) is 5.26 Å². The summed E-state index contributed by atoms with van der Waals surface area (Å²) >= 11 is 0. The van der Waals surface area contributed by atoms with E-state index in [1.807, 2.05) is 13.8 Å². The van der Waals surface area contributed by atoms with Gasteiger partial charge in [0.1, 0.15) is 11.9 Å². The van der Waals surface area contributed by atoms with Gasteiger partial charge in [-0.3, -0.25) is 0 Å². The molecular formula is C13H21N3. The Kier molecular flexibility index (Phi) is 3.32. The molecule has 2 N–H and O–H groups in total. The van der Waals surface area contributed by atoms with Crippen LogP contribution in [0.15, 0.2) is 0 Å². The van der Waals surface area contributed by atoms with Crippen LogP contribution >= 0.6 is 0 Å². The summed E-state index contributed by atoms with van der Waals surface area (Å²) < 4.78 is 2.07. The first-order valence-corrected chi connectivity index (χ1v) is 5.69. The molecule has 3 nitrogen and oxygen atoms in total. The number of aromatic nitrogens is 1. The van der Waals surface area contributed by atoms with Gasteiger partial charge in [0.15, 0.2) is 0 Å². The molecule has 0 unspecified atom stereocenters. The fourth-order valence-electron chi connectivity index (χ4n) is 1.78. The molecule has 1 aromatic heterocycles. The van der Waals surface area contributed by atoms with Gasteiger partial charge in [0.05, 0.1) is 5.56 Å². The lowest BCUT2D eigenvalue weighted by atomic mass is 9.90. The molecule has 0 saturated carbocycles. The zero-order valence-corrected chi connectivity index (χ0v) is 10.9. The molecule has 0 aliphatic carbocycles. The molecule has 0 bridgehead atoms. The topological polar surface area (TPSA) is 54.7 Å². The molecule has 0 fully saturated rings. The van der Waals surface area contributed by atoms with Crippen LogP contribution in [-0.2, 0) is 6.54 Å². The fraction of sp³-hybridized carbons (Fsp3) is 0.615. The maximum absolute atomic E-state index is 9.05. The second-order valence-corrected chi connectivity index (χ2v) is 5.19. The summed E-state index contributed by atoms with van der Waals surface area (Å²) in [5, 5.41) is 9.05. The standard InChI is InChI=1S/C13H21N3/c1-6-13(4,5)8-16-10(3)9(2)11(7-14)12(16)15/h6,8,15H2,1-5H3. The van der Waals surface area contributed by atoms with E-state index in [4.69, 9.17) is 11.0 Å². The summed E-state index contributed by atoms with van der Waals surface area (Å²) in [6.07, 6.45) is 1.09. The third kappa shape index (κ3) is 2.06. The van der Waals surface area contributed by atoms with Gasteiger partial charge >= 0.3 is 0 Å². The van der Waals surface area contributed by atoms with Gasteiger partial charge in [0.2, 0.25) is 0 Å². The monoisotopic (exact) mass is 219 g/mol. The zero-order chi connectivity index (χ0) is 12.5. The molecule has 0 spiro atoms. The number of nitrogens with two attached hydrogens (primary N) is 1. The van der Waals surface area contributed by atoms with Gasteiger partial charge < -0.3 is 10.3 Å². The van der Waals surface area contributed by atoms with Gasteiger partial charge in [-0.1, -0.05) is 20.8 Å². The van der Waals surface area contributed by atoms with Crippen molar-refractivity contribution < 1.29 is 0 Å². The maximum Gasteiger partial charge on any atom is 0.122 e. The molecule has 88 valence electrons. The van der Waals surface area contributed by atoms with Crippen molar-refractivity contribution in [2.45, 2.75) is 47.6 Å². The third-order valence-electron chi connectivity index (χ3n) is 3.52. The maximum atomic E-state index is 9.05. The average Bonchev–Trinajstić information content (AvgIpc) is 2.43. The first-order chi connectivity index (χ1) is 7.34. The van der Waals surface area contributed by atoms with E-state index < -0.39 is 0 Å². The number of anilines is 1. The number of nitriles is 1. The van der Waals surface area contributed by atoms with Crippen molar-refractivity contribution in [2.24, 2.45) is 5.41 Å². The average molecular weight is 219 g/mol.